The van der Waals surface area contributed by atoms with Crippen molar-refractivity contribution in [1.29, 1.82) is 0 Å². The lowest BCUT2D eigenvalue weighted by Crippen LogP contribution is -2.37. The maximum Gasteiger partial charge on any atom is 0.191 e. The third kappa shape index (κ3) is 4.14. The minimum absolute atomic E-state index is 0.162. The predicted molar refractivity (Wildman–Crippen MR) is 94.4 cm³/mol. The topological polar surface area (TPSA) is 44.9 Å². The van der Waals surface area contributed by atoms with Crippen LogP contribution in [-0.2, 0) is 0 Å². The van der Waals surface area contributed by atoms with E-state index in [4.69, 9.17) is 17.3 Å². The molecule has 2 N–H and O–H groups in total. The third-order valence-electron chi connectivity index (χ3n) is 4.40. The average molecular weight is 323 g/mol. The second-order valence-corrected chi connectivity index (χ2v) is 6.21. The van der Waals surface area contributed by atoms with Crippen molar-refractivity contribution in [2.75, 3.05) is 26.7 Å². The molecule has 1 fully saturated rings. The third-order valence-corrected chi connectivity index (χ3v) is 4.74. The van der Waals surface area contributed by atoms with Gasteiger partial charge in [-0.25, -0.2) is 0 Å². The Morgan fingerprint density at radius 2 is 1.95 bits per heavy atom. The lowest BCUT2D eigenvalue weighted by atomic mass is 10.1. The first-order valence-corrected chi connectivity index (χ1v) is 8.47. The Morgan fingerprint density at radius 1 is 1.32 bits per heavy atom. The van der Waals surface area contributed by atoms with E-state index in [9.17, 15) is 0 Å². The van der Waals surface area contributed by atoms with Gasteiger partial charge in [0.15, 0.2) is 5.96 Å². The summed E-state index contributed by atoms with van der Waals surface area (Å²) >= 11 is 6.40. The molecule has 1 aliphatic rings. The molecule has 0 aromatic heterocycles. The van der Waals surface area contributed by atoms with Gasteiger partial charge in [-0.05, 0) is 37.6 Å². The zero-order valence-corrected chi connectivity index (χ0v) is 14.6. The second-order valence-electron chi connectivity index (χ2n) is 5.80. The summed E-state index contributed by atoms with van der Waals surface area (Å²) in [5.74, 6) is 0.631. The summed E-state index contributed by atoms with van der Waals surface area (Å²) in [5, 5.41) is 0.795. The molecule has 122 valence electrons. The molecule has 1 aromatic rings. The Labute approximate surface area is 138 Å². The van der Waals surface area contributed by atoms with Gasteiger partial charge in [0, 0.05) is 18.1 Å². The SMILES string of the molecule is CCN(CC)C(CN=C(N)N(C)C1CC1)c1ccccc1Cl. The van der Waals surface area contributed by atoms with E-state index in [0.29, 0.717) is 18.5 Å². The van der Waals surface area contributed by atoms with Crippen LogP contribution in [0.1, 0.15) is 38.3 Å². The summed E-state index contributed by atoms with van der Waals surface area (Å²) in [6.45, 7) is 6.88. The lowest BCUT2D eigenvalue weighted by Gasteiger charge is -2.30. The molecular weight excluding hydrogens is 296 g/mol. The number of nitrogens with two attached hydrogens (primary N) is 1. The van der Waals surface area contributed by atoms with Crippen LogP contribution in [0.5, 0.6) is 0 Å². The molecule has 0 spiro atoms. The molecule has 0 aliphatic heterocycles. The summed E-state index contributed by atoms with van der Waals surface area (Å²) < 4.78 is 0. The second kappa shape index (κ2) is 7.84. The van der Waals surface area contributed by atoms with Crippen LogP contribution >= 0.6 is 11.6 Å². The average Bonchev–Trinajstić information content (AvgIpc) is 3.36. The number of hydrogen-bond donors (Lipinski definition) is 1. The minimum atomic E-state index is 0.162. The molecule has 0 saturated heterocycles. The van der Waals surface area contributed by atoms with Crippen molar-refractivity contribution in [1.82, 2.24) is 9.80 Å². The molecule has 0 amide bonds. The molecule has 1 unspecified atom stereocenters. The fourth-order valence-corrected chi connectivity index (χ4v) is 3.02. The Bertz CT molecular complexity index is 509. The van der Waals surface area contributed by atoms with Gasteiger partial charge >= 0.3 is 0 Å². The molecule has 0 bridgehead atoms. The number of nitrogens with zero attached hydrogens (tertiary/aromatic N) is 3. The first kappa shape index (κ1) is 17.1. The van der Waals surface area contributed by atoms with Gasteiger partial charge in [-0.15, -0.1) is 0 Å². The van der Waals surface area contributed by atoms with Crippen LogP contribution in [0.4, 0.5) is 0 Å². The van der Waals surface area contributed by atoms with E-state index in [-0.39, 0.29) is 6.04 Å². The van der Waals surface area contributed by atoms with Gasteiger partial charge in [0.1, 0.15) is 0 Å². The highest BCUT2D eigenvalue weighted by atomic mass is 35.5. The standard InChI is InChI=1S/C17H27ClN4/c1-4-22(5-2)16(14-8-6-7-9-15(14)18)12-20-17(19)21(3)13-10-11-13/h6-9,13,16H,4-5,10-12H2,1-3H3,(H2,19,20). The fraction of sp³-hybridized carbons (Fsp3) is 0.588. The van der Waals surface area contributed by atoms with Gasteiger partial charge in [0.2, 0.25) is 0 Å². The Morgan fingerprint density at radius 3 is 2.50 bits per heavy atom. The first-order valence-electron chi connectivity index (χ1n) is 8.09. The molecule has 1 atom stereocenters. The molecule has 1 saturated carbocycles. The lowest BCUT2D eigenvalue weighted by molar-refractivity contribution is 0.224. The number of benzene rings is 1. The van der Waals surface area contributed by atoms with Crippen LogP contribution in [0, 0.1) is 0 Å². The van der Waals surface area contributed by atoms with Crippen LogP contribution < -0.4 is 5.73 Å². The highest BCUT2D eigenvalue weighted by Gasteiger charge is 2.28. The normalized spacial score (nSPS) is 16.9. The zero-order chi connectivity index (χ0) is 16.1. The zero-order valence-electron chi connectivity index (χ0n) is 13.8. The number of guanidine groups is 1. The van der Waals surface area contributed by atoms with Crippen molar-refractivity contribution in [3.63, 3.8) is 0 Å². The predicted octanol–water partition coefficient (Wildman–Crippen LogP) is 3.13. The van der Waals surface area contributed by atoms with Crippen molar-refractivity contribution >= 4 is 17.6 Å². The van der Waals surface area contributed by atoms with Crippen LogP contribution in [0.25, 0.3) is 0 Å². The van der Waals surface area contributed by atoms with Gasteiger partial charge in [0.25, 0.3) is 0 Å². The molecule has 1 aliphatic carbocycles. The van der Waals surface area contributed by atoms with Gasteiger partial charge in [-0.3, -0.25) is 9.89 Å². The van der Waals surface area contributed by atoms with Crippen molar-refractivity contribution in [3.05, 3.63) is 34.9 Å². The number of halogens is 1. The number of hydrogen-bond acceptors (Lipinski definition) is 2. The molecule has 0 heterocycles. The van der Waals surface area contributed by atoms with Crippen LogP contribution in [0.2, 0.25) is 5.02 Å². The maximum atomic E-state index is 6.40. The van der Waals surface area contributed by atoms with Crippen molar-refractivity contribution in [2.45, 2.75) is 38.8 Å². The van der Waals surface area contributed by atoms with Crippen molar-refractivity contribution < 1.29 is 0 Å². The summed E-state index contributed by atoms with van der Waals surface area (Å²) in [5.41, 5.74) is 7.25. The van der Waals surface area contributed by atoms with E-state index in [1.54, 1.807) is 0 Å². The Balaban J connectivity index is 2.17. The quantitative estimate of drug-likeness (QED) is 0.619. The summed E-state index contributed by atoms with van der Waals surface area (Å²) in [4.78, 5) is 9.10. The summed E-state index contributed by atoms with van der Waals surface area (Å²) in [6.07, 6.45) is 2.44. The summed E-state index contributed by atoms with van der Waals surface area (Å²) in [7, 11) is 2.03. The van der Waals surface area contributed by atoms with Crippen molar-refractivity contribution in [3.8, 4) is 0 Å². The first-order chi connectivity index (χ1) is 10.6. The Hall–Kier alpha value is -1.26. The van der Waals surface area contributed by atoms with Gasteiger partial charge in [-0.2, -0.15) is 0 Å². The fourth-order valence-electron chi connectivity index (χ4n) is 2.76. The smallest absolute Gasteiger partial charge is 0.191 e. The van der Waals surface area contributed by atoms with Crippen LogP contribution in [0.15, 0.2) is 29.3 Å². The summed E-state index contributed by atoms with van der Waals surface area (Å²) in [6, 6.07) is 8.76. The van der Waals surface area contributed by atoms with E-state index in [1.807, 2.05) is 25.2 Å². The monoisotopic (exact) mass is 322 g/mol. The molecule has 0 radical (unpaired) electrons. The highest BCUT2D eigenvalue weighted by Crippen LogP contribution is 2.28. The number of aliphatic imine (C=N–C) groups is 1. The van der Waals surface area contributed by atoms with E-state index in [1.165, 1.54) is 12.8 Å². The van der Waals surface area contributed by atoms with Crippen LogP contribution in [-0.4, -0.2) is 48.5 Å². The van der Waals surface area contributed by atoms with Gasteiger partial charge < -0.3 is 10.6 Å². The van der Waals surface area contributed by atoms with E-state index >= 15 is 0 Å². The van der Waals surface area contributed by atoms with Gasteiger partial charge in [-0.1, -0.05) is 43.6 Å². The minimum Gasteiger partial charge on any atom is -0.370 e. The Kier molecular flexibility index (Phi) is 6.09. The van der Waals surface area contributed by atoms with Gasteiger partial charge in [0.05, 0.1) is 12.6 Å². The van der Waals surface area contributed by atoms with Crippen molar-refractivity contribution in [2.24, 2.45) is 10.7 Å². The van der Waals surface area contributed by atoms with E-state index in [2.05, 4.69) is 34.7 Å². The molecule has 22 heavy (non-hydrogen) atoms. The van der Waals surface area contributed by atoms with E-state index < -0.39 is 0 Å². The molecule has 1 aromatic carbocycles. The largest absolute Gasteiger partial charge is 0.370 e. The van der Waals surface area contributed by atoms with Crippen LogP contribution in [0.3, 0.4) is 0 Å². The number of likely N-dealkylation sites (N-methyl/N-ethyl adjacent to an activating group) is 1. The molecule has 2 rings (SSSR count). The molecule has 5 heteroatoms. The molecule has 4 nitrogen and oxygen atoms in total. The van der Waals surface area contributed by atoms with E-state index in [0.717, 1.165) is 23.7 Å². The molecular formula is C17H27ClN4. The number of rotatable bonds is 7. The highest BCUT2D eigenvalue weighted by molar-refractivity contribution is 6.31. The maximum absolute atomic E-state index is 6.40.